The number of carboxylic acids is 1. The van der Waals surface area contributed by atoms with Crippen molar-refractivity contribution < 1.29 is 23.1 Å². The molecule has 150 valence electrons. The van der Waals surface area contributed by atoms with Crippen LogP contribution in [0.1, 0.15) is 31.7 Å². The zero-order valence-electron chi connectivity index (χ0n) is 15.6. The number of aryl methyl sites for hydroxylation is 1. The molecule has 0 unspecified atom stereocenters. The van der Waals surface area contributed by atoms with E-state index >= 15 is 0 Å². The van der Waals surface area contributed by atoms with E-state index in [1.165, 1.54) is 4.31 Å². The van der Waals surface area contributed by atoms with Gasteiger partial charge in [0.05, 0.1) is 4.90 Å². The van der Waals surface area contributed by atoms with Crippen LogP contribution in [0.15, 0.2) is 29.2 Å². The third-order valence-electron chi connectivity index (χ3n) is 4.47. The number of rotatable bonds is 8. The molecule has 0 radical (unpaired) electrons. The minimum absolute atomic E-state index is 0.00332. The van der Waals surface area contributed by atoms with E-state index in [-0.39, 0.29) is 37.0 Å². The van der Waals surface area contributed by atoms with Crippen LogP contribution in [0.4, 0.5) is 4.79 Å². The Kier molecular flexibility index (Phi) is 7.61. The van der Waals surface area contributed by atoms with Crippen molar-refractivity contribution in [1.29, 1.82) is 0 Å². The first-order valence-electron chi connectivity index (χ1n) is 9.18. The summed E-state index contributed by atoms with van der Waals surface area (Å²) in [7, 11) is -3.56. The van der Waals surface area contributed by atoms with Gasteiger partial charge in [-0.2, -0.15) is 4.31 Å². The third kappa shape index (κ3) is 5.93. The Balaban J connectivity index is 1.86. The molecule has 1 fully saturated rings. The van der Waals surface area contributed by atoms with Crippen LogP contribution in [0, 0.1) is 0 Å². The first-order valence-corrected chi connectivity index (χ1v) is 10.6. The van der Waals surface area contributed by atoms with Crippen LogP contribution in [0.3, 0.4) is 0 Å². The number of aliphatic carboxylic acids is 1. The first-order chi connectivity index (χ1) is 12.8. The molecule has 1 heterocycles. The second-order valence-corrected chi connectivity index (χ2v) is 8.45. The fourth-order valence-corrected chi connectivity index (χ4v) is 4.37. The topological polar surface area (TPSA) is 107 Å². The summed E-state index contributed by atoms with van der Waals surface area (Å²) in [6, 6.07) is 6.68. The van der Waals surface area contributed by atoms with E-state index in [4.69, 9.17) is 5.11 Å². The van der Waals surface area contributed by atoms with E-state index in [9.17, 15) is 18.0 Å². The zero-order chi connectivity index (χ0) is 19.9. The summed E-state index contributed by atoms with van der Waals surface area (Å²) in [5, 5.41) is 11.2. The molecular formula is C18H27N3O5S. The molecule has 1 aromatic rings. The molecule has 1 saturated heterocycles. The molecule has 8 nitrogen and oxygen atoms in total. The lowest BCUT2D eigenvalue weighted by Crippen LogP contribution is -2.53. The highest BCUT2D eigenvalue weighted by molar-refractivity contribution is 7.89. The number of carbonyl (C=O) groups is 2. The minimum atomic E-state index is -3.56. The van der Waals surface area contributed by atoms with Crippen molar-refractivity contribution in [2.24, 2.45) is 0 Å². The number of piperazine rings is 1. The standard InChI is InChI=1S/C18H27N3O5S/c1-2-4-15-6-8-16(9-7-15)27(25,26)21-13-11-20(12-14-21)18(24)19-10-3-5-17(22)23/h6-9H,2-5,10-14H2,1H3,(H,19,24)(H,22,23). The lowest BCUT2D eigenvalue weighted by molar-refractivity contribution is -0.137. The second kappa shape index (κ2) is 9.70. The van der Waals surface area contributed by atoms with E-state index in [2.05, 4.69) is 12.2 Å². The molecule has 27 heavy (non-hydrogen) atoms. The number of hydrogen-bond donors (Lipinski definition) is 2. The van der Waals surface area contributed by atoms with Gasteiger partial charge in [0.15, 0.2) is 0 Å². The fourth-order valence-electron chi connectivity index (χ4n) is 2.94. The third-order valence-corrected chi connectivity index (χ3v) is 6.38. The van der Waals surface area contributed by atoms with E-state index < -0.39 is 16.0 Å². The average Bonchev–Trinajstić information content (AvgIpc) is 2.66. The van der Waals surface area contributed by atoms with Crippen molar-refractivity contribution >= 4 is 22.0 Å². The van der Waals surface area contributed by atoms with Crippen LogP contribution < -0.4 is 5.32 Å². The van der Waals surface area contributed by atoms with E-state index in [0.29, 0.717) is 19.5 Å². The number of nitrogens with zero attached hydrogens (tertiary/aromatic N) is 2. The summed E-state index contributed by atoms with van der Waals surface area (Å²) in [6.07, 6.45) is 2.29. The summed E-state index contributed by atoms with van der Waals surface area (Å²) in [4.78, 5) is 24.4. The molecule has 0 spiro atoms. The molecule has 1 aromatic carbocycles. The second-order valence-electron chi connectivity index (χ2n) is 6.51. The number of urea groups is 1. The molecule has 0 saturated carbocycles. The number of carboxylic acid groups (broad SMARTS) is 1. The average molecular weight is 397 g/mol. The van der Waals surface area contributed by atoms with Gasteiger partial charge in [0.2, 0.25) is 10.0 Å². The number of sulfonamides is 1. The Morgan fingerprint density at radius 3 is 2.30 bits per heavy atom. The molecule has 1 aliphatic rings. The Hall–Kier alpha value is -2.13. The van der Waals surface area contributed by atoms with Crippen LogP contribution in [0.5, 0.6) is 0 Å². The van der Waals surface area contributed by atoms with Crippen molar-refractivity contribution in [3.63, 3.8) is 0 Å². The van der Waals surface area contributed by atoms with Gasteiger partial charge in [-0.05, 0) is 30.5 Å². The largest absolute Gasteiger partial charge is 0.481 e. The maximum Gasteiger partial charge on any atom is 0.317 e. The molecule has 2 N–H and O–H groups in total. The maximum atomic E-state index is 12.8. The fraction of sp³-hybridized carbons (Fsp3) is 0.556. The van der Waals surface area contributed by atoms with Crippen molar-refractivity contribution in [3.05, 3.63) is 29.8 Å². The highest BCUT2D eigenvalue weighted by Crippen LogP contribution is 2.19. The molecule has 1 aliphatic heterocycles. The van der Waals surface area contributed by atoms with Gasteiger partial charge in [0.25, 0.3) is 0 Å². The van der Waals surface area contributed by atoms with Gasteiger partial charge in [0.1, 0.15) is 0 Å². The number of amides is 2. The SMILES string of the molecule is CCCc1ccc(S(=O)(=O)N2CCN(C(=O)NCCCC(=O)O)CC2)cc1. The summed E-state index contributed by atoms with van der Waals surface area (Å²) < 4.78 is 26.9. The predicted octanol–water partition coefficient (Wildman–Crippen LogP) is 1.52. The van der Waals surface area contributed by atoms with Crippen molar-refractivity contribution in [1.82, 2.24) is 14.5 Å². The maximum absolute atomic E-state index is 12.8. The minimum Gasteiger partial charge on any atom is -0.481 e. The van der Waals surface area contributed by atoms with Crippen molar-refractivity contribution in [2.45, 2.75) is 37.5 Å². The van der Waals surface area contributed by atoms with Crippen LogP contribution in [0.25, 0.3) is 0 Å². The number of nitrogens with one attached hydrogen (secondary N) is 1. The van der Waals surface area contributed by atoms with Gasteiger partial charge in [-0.25, -0.2) is 13.2 Å². The molecule has 0 atom stereocenters. The van der Waals surface area contributed by atoms with Crippen LogP contribution in [0.2, 0.25) is 0 Å². The van der Waals surface area contributed by atoms with Gasteiger partial charge >= 0.3 is 12.0 Å². The molecule has 0 aromatic heterocycles. The van der Waals surface area contributed by atoms with Gasteiger partial charge in [-0.15, -0.1) is 0 Å². The summed E-state index contributed by atoms with van der Waals surface area (Å²) in [5.74, 6) is -0.897. The predicted molar refractivity (Wildman–Crippen MR) is 101 cm³/mol. The number of benzene rings is 1. The Labute approximate surface area is 160 Å². The van der Waals surface area contributed by atoms with Crippen molar-refractivity contribution in [2.75, 3.05) is 32.7 Å². The molecule has 2 rings (SSSR count). The summed E-state index contributed by atoms with van der Waals surface area (Å²) in [6.45, 7) is 3.44. The van der Waals surface area contributed by atoms with Gasteiger partial charge in [0, 0.05) is 39.1 Å². The molecule has 2 amide bonds. The number of carbonyl (C=O) groups excluding carboxylic acids is 1. The lowest BCUT2D eigenvalue weighted by atomic mass is 10.1. The summed E-state index contributed by atoms with van der Waals surface area (Å²) in [5.41, 5.74) is 1.11. The summed E-state index contributed by atoms with van der Waals surface area (Å²) >= 11 is 0. The molecule has 0 bridgehead atoms. The van der Waals surface area contributed by atoms with Crippen LogP contribution in [-0.4, -0.2) is 67.5 Å². The van der Waals surface area contributed by atoms with E-state index in [1.54, 1.807) is 17.0 Å². The van der Waals surface area contributed by atoms with Crippen molar-refractivity contribution in [3.8, 4) is 0 Å². The smallest absolute Gasteiger partial charge is 0.317 e. The number of hydrogen-bond acceptors (Lipinski definition) is 4. The van der Waals surface area contributed by atoms with E-state index in [0.717, 1.165) is 18.4 Å². The van der Waals surface area contributed by atoms with Crippen LogP contribution in [-0.2, 0) is 21.2 Å². The normalized spacial score (nSPS) is 15.5. The van der Waals surface area contributed by atoms with Gasteiger partial charge in [-0.3, -0.25) is 4.79 Å². The highest BCUT2D eigenvalue weighted by atomic mass is 32.2. The Morgan fingerprint density at radius 1 is 1.11 bits per heavy atom. The quantitative estimate of drug-likeness (QED) is 0.647. The van der Waals surface area contributed by atoms with Crippen LogP contribution >= 0.6 is 0 Å². The molecule has 9 heteroatoms. The Bertz CT molecular complexity index is 741. The first kappa shape index (κ1) is 21.2. The molecular weight excluding hydrogens is 370 g/mol. The van der Waals surface area contributed by atoms with Gasteiger partial charge < -0.3 is 15.3 Å². The highest BCUT2D eigenvalue weighted by Gasteiger charge is 2.29. The van der Waals surface area contributed by atoms with E-state index in [1.807, 2.05) is 12.1 Å². The monoisotopic (exact) mass is 397 g/mol. The lowest BCUT2D eigenvalue weighted by Gasteiger charge is -2.34. The zero-order valence-corrected chi connectivity index (χ0v) is 16.4. The van der Waals surface area contributed by atoms with Gasteiger partial charge in [-0.1, -0.05) is 25.5 Å². The Morgan fingerprint density at radius 2 is 1.74 bits per heavy atom. The molecule has 0 aliphatic carbocycles.